The van der Waals surface area contributed by atoms with Crippen LogP contribution in [0.3, 0.4) is 0 Å². The molecule has 1 rings (SSSR count). The molecular weight excluding hydrogens is 248 g/mol. The highest BCUT2D eigenvalue weighted by Gasteiger charge is 2.23. The molecule has 3 nitrogen and oxygen atoms in total. The predicted molar refractivity (Wildman–Crippen MR) is 81.1 cm³/mol. The number of rotatable bonds is 7. The summed E-state index contributed by atoms with van der Waals surface area (Å²) in [5, 5.41) is 9.34. The van der Waals surface area contributed by atoms with Crippen LogP contribution in [-0.4, -0.2) is 23.9 Å². The average molecular weight is 272 g/mol. The predicted octanol–water partition coefficient (Wildman–Crippen LogP) is 3.33. The van der Waals surface area contributed by atoms with Crippen LogP contribution in [0.4, 0.5) is 0 Å². The maximum atomic E-state index is 12.5. The molecule has 0 N–H and O–H groups in total. The first-order chi connectivity index (χ1) is 9.63. The summed E-state index contributed by atoms with van der Waals surface area (Å²) >= 11 is 0. The minimum absolute atomic E-state index is 0.0283. The highest BCUT2D eigenvalue weighted by atomic mass is 16.2. The summed E-state index contributed by atoms with van der Waals surface area (Å²) in [7, 11) is 0. The fourth-order valence-electron chi connectivity index (χ4n) is 2.34. The maximum Gasteiger partial charge on any atom is 0.240 e. The van der Waals surface area contributed by atoms with E-state index in [0.717, 1.165) is 37.1 Å². The van der Waals surface area contributed by atoms with Crippen molar-refractivity contribution in [3.63, 3.8) is 0 Å². The summed E-state index contributed by atoms with van der Waals surface area (Å²) in [5.74, 6) is -0.603. The molecule has 0 aliphatic rings. The molecule has 0 heterocycles. The Hall–Kier alpha value is -1.82. The lowest BCUT2D eigenvalue weighted by molar-refractivity contribution is -0.133. The summed E-state index contributed by atoms with van der Waals surface area (Å²) in [6.07, 6.45) is 2.36. The second-order valence-electron chi connectivity index (χ2n) is 5.14. The van der Waals surface area contributed by atoms with Gasteiger partial charge in [-0.15, -0.1) is 0 Å². The summed E-state index contributed by atoms with van der Waals surface area (Å²) in [4.78, 5) is 14.3. The third kappa shape index (κ3) is 4.38. The highest BCUT2D eigenvalue weighted by Crippen LogP contribution is 2.15. The molecule has 0 fully saturated rings. The molecule has 108 valence electrons. The van der Waals surface area contributed by atoms with E-state index in [0.29, 0.717) is 6.42 Å². The Labute approximate surface area is 122 Å². The number of carbonyl (C=O) groups is 1. The fourth-order valence-corrected chi connectivity index (χ4v) is 2.34. The third-order valence-corrected chi connectivity index (χ3v) is 3.44. The first-order valence-corrected chi connectivity index (χ1v) is 7.36. The molecule has 1 unspecified atom stereocenters. The van der Waals surface area contributed by atoms with E-state index < -0.39 is 5.92 Å². The standard InChI is InChI=1S/C17H24N2O/c1-4-10-19(11-5-2)17(20)16(13-18)12-15-9-7-6-8-14(15)3/h6-9,16H,4-5,10-12H2,1-3H3. The second-order valence-corrected chi connectivity index (χ2v) is 5.14. The van der Waals surface area contributed by atoms with Crippen LogP contribution in [0.5, 0.6) is 0 Å². The first kappa shape index (κ1) is 16.2. The van der Waals surface area contributed by atoms with Crippen LogP contribution in [0.25, 0.3) is 0 Å². The molecule has 20 heavy (non-hydrogen) atoms. The highest BCUT2D eigenvalue weighted by molar-refractivity contribution is 5.81. The molecule has 1 amide bonds. The van der Waals surface area contributed by atoms with Gasteiger partial charge in [0.1, 0.15) is 5.92 Å². The lowest BCUT2D eigenvalue weighted by Gasteiger charge is -2.24. The van der Waals surface area contributed by atoms with Crippen molar-refractivity contribution in [2.45, 2.75) is 40.0 Å². The number of benzene rings is 1. The minimum Gasteiger partial charge on any atom is -0.342 e. The number of hydrogen-bond acceptors (Lipinski definition) is 2. The second kappa shape index (κ2) is 8.37. The minimum atomic E-state index is -0.575. The molecule has 1 aromatic rings. The summed E-state index contributed by atoms with van der Waals surface area (Å²) < 4.78 is 0. The van der Waals surface area contributed by atoms with Crippen LogP contribution in [0, 0.1) is 24.2 Å². The number of nitriles is 1. The normalized spacial score (nSPS) is 11.7. The van der Waals surface area contributed by atoms with Gasteiger partial charge in [0.2, 0.25) is 5.91 Å². The van der Waals surface area contributed by atoms with Crippen LogP contribution < -0.4 is 0 Å². The molecular formula is C17H24N2O. The topological polar surface area (TPSA) is 44.1 Å². The molecule has 0 aliphatic carbocycles. The molecule has 0 aromatic heterocycles. The largest absolute Gasteiger partial charge is 0.342 e. The van der Waals surface area contributed by atoms with Gasteiger partial charge in [-0.1, -0.05) is 38.1 Å². The van der Waals surface area contributed by atoms with Crippen molar-refractivity contribution < 1.29 is 4.79 Å². The summed E-state index contributed by atoms with van der Waals surface area (Å²) in [5.41, 5.74) is 2.22. The van der Waals surface area contributed by atoms with Gasteiger partial charge in [0.15, 0.2) is 0 Å². The van der Waals surface area contributed by atoms with Gasteiger partial charge in [0, 0.05) is 13.1 Å². The molecule has 0 radical (unpaired) electrons. The lowest BCUT2D eigenvalue weighted by atomic mass is 9.96. The van der Waals surface area contributed by atoms with Crippen LogP contribution in [0.2, 0.25) is 0 Å². The van der Waals surface area contributed by atoms with E-state index in [4.69, 9.17) is 0 Å². The van der Waals surface area contributed by atoms with E-state index in [9.17, 15) is 10.1 Å². The molecule has 3 heteroatoms. The number of nitrogens with zero attached hydrogens (tertiary/aromatic N) is 2. The molecule has 0 bridgehead atoms. The zero-order valence-corrected chi connectivity index (χ0v) is 12.7. The van der Waals surface area contributed by atoms with E-state index in [1.54, 1.807) is 0 Å². The van der Waals surface area contributed by atoms with Gasteiger partial charge in [0.05, 0.1) is 6.07 Å². The van der Waals surface area contributed by atoms with Crippen molar-refractivity contribution in [3.8, 4) is 6.07 Å². The fraction of sp³-hybridized carbons (Fsp3) is 0.529. The number of carbonyl (C=O) groups excluding carboxylic acids is 1. The van der Waals surface area contributed by atoms with Gasteiger partial charge in [-0.3, -0.25) is 4.79 Å². The Kier molecular flexibility index (Phi) is 6.79. The van der Waals surface area contributed by atoms with Crippen molar-refractivity contribution in [1.29, 1.82) is 5.26 Å². The van der Waals surface area contributed by atoms with Crippen LogP contribution in [0.15, 0.2) is 24.3 Å². The average Bonchev–Trinajstić information content (AvgIpc) is 2.45. The molecule has 1 atom stereocenters. The summed E-state index contributed by atoms with van der Waals surface area (Å²) in [6, 6.07) is 10.1. The molecule has 0 saturated carbocycles. The van der Waals surface area contributed by atoms with Crippen molar-refractivity contribution >= 4 is 5.91 Å². The zero-order valence-electron chi connectivity index (χ0n) is 12.7. The number of hydrogen-bond donors (Lipinski definition) is 0. The smallest absolute Gasteiger partial charge is 0.240 e. The first-order valence-electron chi connectivity index (χ1n) is 7.36. The van der Waals surface area contributed by atoms with Crippen molar-refractivity contribution in [1.82, 2.24) is 4.90 Å². The Morgan fingerprint density at radius 1 is 1.25 bits per heavy atom. The Morgan fingerprint density at radius 2 is 1.85 bits per heavy atom. The van der Waals surface area contributed by atoms with Crippen LogP contribution in [-0.2, 0) is 11.2 Å². The van der Waals surface area contributed by atoms with Crippen molar-refractivity contribution in [3.05, 3.63) is 35.4 Å². The SMILES string of the molecule is CCCN(CCC)C(=O)C(C#N)Cc1ccccc1C. The van der Waals surface area contributed by atoms with E-state index in [-0.39, 0.29) is 5.91 Å². The quantitative estimate of drug-likeness (QED) is 0.764. The Balaban J connectivity index is 2.82. The maximum absolute atomic E-state index is 12.5. The number of aryl methyl sites for hydroxylation is 1. The molecule has 1 aromatic carbocycles. The summed E-state index contributed by atoms with van der Waals surface area (Å²) in [6.45, 7) is 7.60. The van der Waals surface area contributed by atoms with E-state index in [2.05, 4.69) is 19.9 Å². The van der Waals surface area contributed by atoms with Gasteiger partial charge < -0.3 is 4.90 Å². The van der Waals surface area contributed by atoms with Crippen molar-refractivity contribution in [2.24, 2.45) is 5.92 Å². The Bertz CT molecular complexity index is 470. The number of amides is 1. The van der Waals surface area contributed by atoms with Gasteiger partial charge in [0.25, 0.3) is 0 Å². The lowest BCUT2D eigenvalue weighted by Crippen LogP contribution is -2.37. The van der Waals surface area contributed by atoms with E-state index >= 15 is 0 Å². The molecule has 0 aliphatic heterocycles. The van der Waals surface area contributed by atoms with Gasteiger partial charge in [-0.2, -0.15) is 5.26 Å². The molecule has 0 spiro atoms. The van der Waals surface area contributed by atoms with Gasteiger partial charge in [-0.05, 0) is 37.3 Å². The molecule has 0 saturated heterocycles. The van der Waals surface area contributed by atoms with Crippen molar-refractivity contribution in [2.75, 3.05) is 13.1 Å². The van der Waals surface area contributed by atoms with Crippen LogP contribution >= 0.6 is 0 Å². The van der Waals surface area contributed by atoms with E-state index in [1.807, 2.05) is 36.1 Å². The monoisotopic (exact) mass is 272 g/mol. The van der Waals surface area contributed by atoms with Crippen LogP contribution in [0.1, 0.15) is 37.8 Å². The van der Waals surface area contributed by atoms with E-state index in [1.165, 1.54) is 0 Å². The van der Waals surface area contributed by atoms with Gasteiger partial charge >= 0.3 is 0 Å². The van der Waals surface area contributed by atoms with Gasteiger partial charge in [-0.25, -0.2) is 0 Å². The Morgan fingerprint density at radius 3 is 2.35 bits per heavy atom. The third-order valence-electron chi connectivity index (χ3n) is 3.44. The zero-order chi connectivity index (χ0) is 15.0.